The molecule has 2 amide bonds. The Labute approximate surface area is 247 Å². The fourth-order valence-corrected chi connectivity index (χ4v) is 3.99. The normalized spacial score (nSPS) is 11.1. The molecule has 0 radical (unpaired) electrons. The second kappa shape index (κ2) is 30.4. The average molecular weight is 571 g/mol. The Morgan fingerprint density at radius 1 is 0.500 bits per heavy atom. The minimum atomic E-state index is 0.143. The molecule has 0 aromatic rings. The van der Waals surface area contributed by atoms with Gasteiger partial charge < -0.3 is 30.7 Å². The summed E-state index contributed by atoms with van der Waals surface area (Å²) < 4.78 is 0. The molecule has 0 aromatic carbocycles. The van der Waals surface area contributed by atoms with Crippen molar-refractivity contribution in [3.05, 3.63) is 0 Å². The van der Waals surface area contributed by atoms with Crippen molar-refractivity contribution in [2.45, 2.75) is 99.8 Å². The van der Waals surface area contributed by atoms with Crippen molar-refractivity contribution in [1.29, 1.82) is 0 Å². The number of carbonyl (C=O) groups is 3. The van der Waals surface area contributed by atoms with E-state index in [2.05, 4.69) is 79.1 Å². The summed E-state index contributed by atoms with van der Waals surface area (Å²) in [6, 6.07) is 0. The first-order valence-electron chi connectivity index (χ1n) is 16.2. The largest absolute Gasteiger partial charge is 0.356 e. The van der Waals surface area contributed by atoms with Crippen LogP contribution >= 0.6 is 0 Å². The van der Waals surface area contributed by atoms with Gasteiger partial charge in [0.2, 0.25) is 11.8 Å². The highest BCUT2D eigenvalue weighted by Gasteiger charge is 2.11. The molecule has 0 aliphatic carbocycles. The zero-order valence-corrected chi connectivity index (χ0v) is 27.4. The topological polar surface area (TPSA) is 97.0 Å². The van der Waals surface area contributed by atoms with Gasteiger partial charge in [0.15, 0.2) is 0 Å². The summed E-state index contributed by atoms with van der Waals surface area (Å²) in [5.41, 5.74) is 0. The lowest BCUT2D eigenvalue weighted by Gasteiger charge is -2.25. The molecule has 0 aliphatic heterocycles. The summed E-state index contributed by atoms with van der Waals surface area (Å²) in [5.74, 6) is 0.697. The van der Waals surface area contributed by atoms with Gasteiger partial charge in [0.25, 0.3) is 0 Å². The van der Waals surface area contributed by atoms with Crippen LogP contribution < -0.4 is 16.0 Å². The summed E-state index contributed by atoms with van der Waals surface area (Å²) in [5, 5.41) is 9.11. The summed E-state index contributed by atoms with van der Waals surface area (Å²) >= 11 is 0. The van der Waals surface area contributed by atoms with E-state index in [1.165, 1.54) is 0 Å². The molecule has 0 bridgehead atoms. The lowest BCUT2D eigenvalue weighted by molar-refractivity contribution is -0.122. The Morgan fingerprint density at radius 3 is 1.35 bits per heavy atom. The summed E-state index contributed by atoms with van der Waals surface area (Å²) in [4.78, 5) is 41.8. The number of nitrogens with zero attached hydrogens (tertiary/aromatic N) is 3. The molecule has 3 N–H and O–H groups in total. The molecular formula is C31H66N6O3. The third-order valence-electron chi connectivity index (χ3n) is 6.90. The second-order valence-corrected chi connectivity index (χ2v) is 10.2. The van der Waals surface area contributed by atoms with Crippen molar-refractivity contribution >= 4 is 17.6 Å². The molecular weight excluding hydrogens is 504 g/mol. The van der Waals surface area contributed by atoms with Crippen LogP contribution in [0, 0.1) is 0 Å². The number of unbranched alkanes of at least 4 members (excludes halogenated alkanes) is 1. The minimum absolute atomic E-state index is 0.143. The van der Waals surface area contributed by atoms with E-state index in [0.29, 0.717) is 25.0 Å². The SMILES string of the molecule is CCCCC(=O)CCN(CC)CCN(CC)CCC(=O)NCCC.CCCNC(=O)CCN(CC)CCNCC. The molecule has 0 fully saturated rings. The van der Waals surface area contributed by atoms with Gasteiger partial charge in [-0.2, -0.15) is 0 Å². The maximum absolute atomic E-state index is 11.8. The van der Waals surface area contributed by atoms with Crippen LogP contribution in [0.3, 0.4) is 0 Å². The lowest BCUT2D eigenvalue weighted by atomic mass is 10.1. The van der Waals surface area contributed by atoms with Crippen LogP contribution in [0.4, 0.5) is 0 Å². The van der Waals surface area contributed by atoms with E-state index < -0.39 is 0 Å². The van der Waals surface area contributed by atoms with Crippen LogP contribution in [0.15, 0.2) is 0 Å². The molecule has 0 aromatic heterocycles. The quantitative estimate of drug-likeness (QED) is 0.137. The standard InChI is InChI=1S/C19H39N3O2.C12H27N3O/c1-5-9-10-18(23)11-14-21(7-3)16-17-22(8-4)15-12-19(24)20-13-6-2;1-4-8-14-12(16)7-10-15(6-3)11-9-13-5-2/h5-17H2,1-4H3,(H,20,24);13H,4-11H2,1-3H3,(H,14,16). The molecule has 40 heavy (non-hydrogen) atoms. The number of amides is 2. The molecule has 9 heteroatoms. The molecule has 0 unspecified atom stereocenters. The van der Waals surface area contributed by atoms with Gasteiger partial charge in [-0.1, -0.05) is 54.9 Å². The van der Waals surface area contributed by atoms with Crippen LogP contribution in [0.25, 0.3) is 0 Å². The Hall–Kier alpha value is -1.55. The summed E-state index contributed by atoms with van der Waals surface area (Å²) in [6.07, 6.45) is 6.64. The first-order valence-corrected chi connectivity index (χ1v) is 16.2. The number of likely N-dealkylation sites (N-methyl/N-ethyl adjacent to an activating group) is 4. The van der Waals surface area contributed by atoms with Gasteiger partial charge in [0.1, 0.15) is 5.78 Å². The van der Waals surface area contributed by atoms with Gasteiger partial charge in [0, 0.05) is 84.6 Å². The van der Waals surface area contributed by atoms with Crippen molar-refractivity contribution in [2.24, 2.45) is 0 Å². The number of nitrogens with one attached hydrogen (secondary N) is 3. The van der Waals surface area contributed by atoms with E-state index in [0.717, 1.165) is 117 Å². The molecule has 238 valence electrons. The van der Waals surface area contributed by atoms with E-state index in [1.807, 2.05) is 0 Å². The molecule has 0 heterocycles. The summed E-state index contributed by atoms with van der Waals surface area (Å²) in [6.45, 7) is 26.7. The van der Waals surface area contributed by atoms with Gasteiger partial charge in [-0.25, -0.2) is 0 Å². The van der Waals surface area contributed by atoms with Gasteiger partial charge >= 0.3 is 0 Å². The number of hydrogen-bond acceptors (Lipinski definition) is 7. The van der Waals surface area contributed by atoms with Gasteiger partial charge in [0.05, 0.1) is 0 Å². The first-order chi connectivity index (χ1) is 19.3. The van der Waals surface area contributed by atoms with Crippen LogP contribution in [0.1, 0.15) is 99.8 Å². The highest BCUT2D eigenvalue weighted by Crippen LogP contribution is 2.02. The third-order valence-corrected chi connectivity index (χ3v) is 6.90. The van der Waals surface area contributed by atoms with E-state index >= 15 is 0 Å². The zero-order chi connectivity index (χ0) is 30.4. The fourth-order valence-electron chi connectivity index (χ4n) is 3.99. The van der Waals surface area contributed by atoms with Crippen LogP contribution in [-0.4, -0.2) is 117 Å². The van der Waals surface area contributed by atoms with Crippen LogP contribution in [-0.2, 0) is 14.4 Å². The average Bonchev–Trinajstić information content (AvgIpc) is 2.97. The van der Waals surface area contributed by atoms with Crippen molar-refractivity contribution in [3.63, 3.8) is 0 Å². The predicted octanol–water partition coefficient (Wildman–Crippen LogP) is 3.53. The Kier molecular flexibility index (Phi) is 30.9. The molecule has 0 saturated carbocycles. The zero-order valence-electron chi connectivity index (χ0n) is 27.4. The highest BCUT2D eigenvalue weighted by atomic mass is 16.2. The maximum Gasteiger partial charge on any atom is 0.221 e. The molecule has 0 spiro atoms. The fraction of sp³-hybridized carbons (Fsp3) is 0.903. The predicted molar refractivity (Wildman–Crippen MR) is 170 cm³/mol. The molecule has 0 rings (SSSR count). The Morgan fingerprint density at radius 2 is 0.950 bits per heavy atom. The maximum atomic E-state index is 11.8. The van der Waals surface area contributed by atoms with E-state index in [1.54, 1.807) is 0 Å². The number of carbonyl (C=O) groups excluding carboxylic acids is 3. The van der Waals surface area contributed by atoms with Crippen LogP contribution in [0.2, 0.25) is 0 Å². The lowest BCUT2D eigenvalue weighted by Crippen LogP contribution is -2.38. The van der Waals surface area contributed by atoms with E-state index in [-0.39, 0.29) is 11.8 Å². The van der Waals surface area contributed by atoms with Crippen molar-refractivity contribution in [2.75, 3.05) is 85.1 Å². The molecule has 9 nitrogen and oxygen atoms in total. The van der Waals surface area contributed by atoms with Crippen molar-refractivity contribution in [1.82, 2.24) is 30.7 Å². The smallest absolute Gasteiger partial charge is 0.221 e. The number of rotatable bonds is 26. The first kappa shape index (κ1) is 40.6. The van der Waals surface area contributed by atoms with Crippen LogP contribution in [0.5, 0.6) is 0 Å². The van der Waals surface area contributed by atoms with Gasteiger partial charge in [-0.3, -0.25) is 14.4 Å². The second-order valence-electron chi connectivity index (χ2n) is 10.2. The van der Waals surface area contributed by atoms with E-state index in [9.17, 15) is 14.4 Å². The van der Waals surface area contributed by atoms with Gasteiger partial charge in [-0.05, 0) is 45.4 Å². The van der Waals surface area contributed by atoms with Crippen molar-refractivity contribution < 1.29 is 14.4 Å². The monoisotopic (exact) mass is 571 g/mol. The molecule has 0 saturated heterocycles. The number of ketones is 1. The van der Waals surface area contributed by atoms with Crippen molar-refractivity contribution in [3.8, 4) is 0 Å². The van der Waals surface area contributed by atoms with E-state index in [4.69, 9.17) is 0 Å². The number of Topliss-reactive ketones (excluding diaryl/α,β-unsaturated/α-hetero) is 1. The molecule has 0 aliphatic rings. The highest BCUT2D eigenvalue weighted by molar-refractivity contribution is 5.78. The summed E-state index contributed by atoms with van der Waals surface area (Å²) in [7, 11) is 0. The Bertz CT molecular complexity index is 574. The number of hydrogen-bond donors (Lipinski definition) is 3. The molecule has 0 atom stereocenters. The van der Waals surface area contributed by atoms with Gasteiger partial charge in [-0.15, -0.1) is 0 Å². The Balaban J connectivity index is 0. The third kappa shape index (κ3) is 26.7. The minimum Gasteiger partial charge on any atom is -0.356 e.